The van der Waals surface area contributed by atoms with Gasteiger partial charge in [0.25, 0.3) is 0 Å². The van der Waals surface area contributed by atoms with Crippen molar-refractivity contribution in [3.8, 4) is 12.3 Å². The van der Waals surface area contributed by atoms with Gasteiger partial charge in [-0.3, -0.25) is 4.79 Å². The average Bonchev–Trinajstić information content (AvgIpc) is 2.39. The van der Waals surface area contributed by atoms with Gasteiger partial charge in [-0.05, 0) is 23.8 Å². The Morgan fingerprint density at radius 2 is 2.10 bits per heavy atom. The molecule has 0 saturated carbocycles. The van der Waals surface area contributed by atoms with Crippen LogP contribution in [-0.4, -0.2) is 23.0 Å². The fourth-order valence-corrected chi connectivity index (χ4v) is 1.63. The van der Waals surface area contributed by atoms with Crippen LogP contribution >= 0.6 is 23.2 Å². The summed E-state index contributed by atoms with van der Waals surface area (Å²) in [5.41, 5.74) is 0.665. The van der Waals surface area contributed by atoms with Gasteiger partial charge in [-0.1, -0.05) is 29.3 Å². The van der Waals surface area contributed by atoms with Crippen molar-refractivity contribution in [3.05, 3.63) is 39.9 Å². The van der Waals surface area contributed by atoms with E-state index in [9.17, 15) is 9.59 Å². The molecule has 1 aromatic rings. The first-order chi connectivity index (χ1) is 9.43. The zero-order valence-corrected chi connectivity index (χ0v) is 11.8. The summed E-state index contributed by atoms with van der Waals surface area (Å²) >= 11 is 11.6. The smallest absolute Gasteiger partial charge is 0.327 e. The standard InChI is InChI=1S/C14H11Cl2NO3/c1-2-3-12(14(19)20)17-13(18)7-5-9-4-6-10(15)11(16)8-9/h1,4-8,12H,3H2,(H,17,18)(H,19,20)/b7-5+. The van der Waals surface area contributed by atoms with Gasteiger partial charge in [-0.25, -0.2) is 4.79 Å². The Hall–Kier alpha value is -1.96. The first-order valence-electron chi connectivity index (χ1n) is 5.54. The number of carboxylic acid groups (broad SMARTS) is 1. The summed E-state index contributed by atoms with van der Waals surface area (Å²) in [5, 5.41) is 11.9. The topological polar surface area (TPSA) is 66.4 Å². The first kappa shape index (κ1) is 16.1. The van der Waals surface area contributed by atoms with E-state index in [0.717, 1.165) is 0 Å². The van der Waals surface area contributed by atoms with E-state index >= 15 is 0 Å². The summed E-state index contributed by atoms with van der Waals surface area (Å²) in [5.74, 6) is 0.452. The molecular formula is C14H11Cl2NO3. The van der Waals surface area contributed by atoms with Crippen LogP contribution in [0.15, 0.2) is 24.3 Å². The van der Waals surface area contributed by atoms with Crippen molar-refractivity contribution in [3.63, 3.8) is 0 Å². The van der Waals surface area contributed by atoms with Gasteiger partial charge in [0.05, 0.1) is 10.0 Å². The molecule has 1 aromatic carbocycles. The molecule has 104 valence electrons. The highest BCUT2D eigenvalue weighted by Crippen LogP contribution is 2.23. The second-order valence-electron chi connectivity index (χ2n) is 3.81. The molecule has 4 nitrogen and oxygen atoms in total. The molecule has 1 atom stereocenters. The summed E-state index contributed by atoms with van der Waals surface area (Å²) in [6, 6.07) is 3.75. The third kappa shape index (κ3) is 4.96. The van der Waals surface area contributed by atoms with Gasteiger partial charge in [-0.2, -0.15) is 0 Å². The molecule has 0 aromatic heterocycles. The predicted octanol–water partition coefficient (Wildman–Crippen LogP) is 2.60. The molecule has 1 unspecified atom stereocenters. The summed E-state index contributed by atoms with van der Waals surface area (Å²) in [7, 11) is 0. The van der Waals surface area contributed by atoms with Crippen LogP contribution in [0.2, 0.25) is 10.0 Å². The lowest BCUT2D eigenvalue weighted by molar-refractivity contribution is -0.141. The third-order valence-electron chi connectivity index (χ3n) is 2.31. The second kappa shape index (κ2) is 7.59. The zero-order chi connectivity index (χ0) is 15.1. The van der Waals surface area contributed by atoms with Crippen LogP contribution in [0.1, 0.15) is 12.0 Å². The Morgan fingerprint density at radius 1 is 1.40 bits per heavy atom. The van der Waals surface area contributed by atoms with Gasteiger partial charge < -0.3 is 10.4 Å². The van der Waals surface area contributed by atoms with E-state index in [0.29, 0.717) is 15.6 Å². The van der Waals surface area contributed by atoms with Crippen molar-refractivity contribution in [1.82, 2.24) is 5.32 Å². The highest BCUT2D eigenvalue weighted by atomic mass is 35.5. The van der Waals surface area contributed by atoms with E-state index in [1.54, 1.807) is 18.2 Å². The number of halogens is 2. The highest BCUT2D eigenvalue weighted by Gasteiger charge is 2.17. The molecule has 0 heterocycles. The van der Waals surface area contributed by atoms with Gasteiger partial charge in [0.1, 0.15) is 6.04 Å². The molecule has 0 aliphatic carbocycles. The van der Waals surface area contributed by atoms with E-state index in [1.807, 2.05) is 0 Å². The Kier molecular flexibility index (Phi) is 6.10. The van der Waals surface area contributed by atoms with Crippen LogP contribution in [0, 0.1) is 12.3 Å². The van der Waals surface area contributed by atoms with Crippen molar-refractivity contribution in [2.45, 2.75) is 12.5 Å². The van der Waals surface area contributed by atoms with Gasteiger partial charge in [0, 0.05) is 12.5 Å². The Morgan fingerprint density at radius 3 is 2.65 bits per heavy atom. The maximum Gasteiger partial charge on any atom is 0.327 e. The maximum atomic E-state index is 11.6. The lowest BCUT2D eigenvalue weighted by Gasteiger charge is -2.09. The molecule has 20 heavy (non-hydrogen) atoms. The number of hydrogen-bond acceptors (Lipinski definition) is 2. The number of benzene rings is 1. The first-order valence-corrected chi connectivity index (χ1v) is 6.29. The number of carboxylic acids is 1. The molecule has 1 amide bonds. The van der Waals surface area contributed by atoms with Crippen molar-refractivity contribution >= 4 is 41.2 Å². The molecule has 0 radical (unpaired) electrons. The molecule has 0 aliphatic rings. The summed E-state index contributed by atoms with van der Waals surface area (Å²) in [6.07, 6.45) is 7.64. The van der Waals surface area contributed by atoms with Crippen LogP contribution in [0.25, 0.3) is 6.08 Å². The van der Waals surface area contributed by atoms with Crippen LogP contribution in [-0.2, 0) is 9.59 Å². The number of rotatable bonds is 5. The fraction of sp³-hybridized carbons (Fsp3) is 0.143. The maximum absolute atomic E-state index is 11.6. The molecule has 0 bridgehead atoms. The quantitative estimate of drug-likeness (QED) is 0.649. The highest BCUT2D eigenvalue weighted by molar-refractivity contribution is 6.42. The van der Waals surface area contributed by atoms with E-state index in [-0.39, 0.29) is 6.42 Å². The van der Waals surface area contributed by atoms with Gasteiger partial charge in [0.2, 0.25) is 5.91 Å². The SMILES string of the molecule is C#CCC(NC(=O)/C=C/c1ccc(Cl)c(Cl)c1)C(=O)O. The summed E-state index contributed by atoms with van der Waals surface area (Å²) in [4.78, 5) is 22.4. The van der Waals surface area contributed by atoms with Crippen LogP contribution in [0.3, 0.4) is 0 Å². The van der Waals surface area contributed by atoms with Gasteiger partial charge in [-0.15, -0.1) is 12.3 Å². The average molecular weight is 312 g/mol. The minimum Gasteiger partial charge on any atom is -0.480 e. The molecule has 6 heteroatoms. The molecule has 2 N–H and O–H groups in total. The molecule has 0 aliphatic heterocycles. The van der Waals surface area contributed by atoms with Gasteiger partial charge in [0.15, 0.2) is 0 Å². The molecule has 1 rings (SSSR count). The van der Waals surface area contributed by atoms with E-state index < -0.39 is 17.9 Å². The fourth-order valence-electron chi connectivity index (χ4n) is 1.33. The Balaban J connectivity index is 2.69. The minimum atomic E-state index is -1.18. The number of nitrogens with one attached hydrogen (secondary N) is 1. The minimum absolute atomic E-state index is 0.0817. The van der Waals surface area contributed by atoms with Crippen molar-refractivity contribution < 1.29 is 14.7 Å². The van der Waals surface area contributed by atoms with E-state index in [4.69, 9.17) is 34.7 Å². The Labute approximate surface area is 126 Å². The van der Waals surface area contributed by atoms with E-state index in [2.05, 4.69) is 11.2 Å². The Bertz CT molecular complexity index is 591. The van der Waals surface area contributed by atoms with Crippen LogP contribution < -0.4 is 5.32 Å². The second-order valence-corrected chi connectivity index (χ2v) is 4.63. The van der Waals surface area contributed by atoms with Crippen molar-refractivity contribution in [1.29, 1.82) is 0 Å². The number of carbonyl (C=O) groups excluding carboxylic acids is 1. The van der Waals surface area contributed by atoms with Crippen molar-refractivity contribution in [2.24, 2.45) is 0 Å². The molecule has 0 saturated heterocycles. The van der Waals surface area contributed by atoms with Crippen molar-refractivity contribution in [2.75, 3.05) is 0 Å². The van der Waals surface area contributed by atoms with E-state index in [1.165, 1.54) is 12.2 Å². The monoisotopic (exact) mass is 311 g/mol. The van der Waals surface area contributed by atoms with Crippen LogP contribution in [0.4, 0.5) is 0 Å². The van der Waals surface area contributed by atoms with Crippen LogP contribution in [0.5, 0.6) is 0 Å². The summed E-state index contributed by atoms with van der Waals surface area (Å²) in [6.45, 7) is 0. The number of carbonyl (C=O) groups is 2. The number of hydrogen-bond donors (Lipinski definition) is 2. The number of amides is 1. The normalized spacial score (nSPS) is 11.8. The number of aliphatic carboxylic acids is 1. The zero-order valence-electron chi connectivity index (χ0n) is 10.3. The molecule has 0 spiro atoms. The number of terminal acetylenes is 1. The largest absolute Gasteiger partial charge is 0.480 e. The van der Waals surface area contributed by atoms with Gasteiger partial charge >= 0.3 is 5.97 Å². The third-order valence-corrected chi connectivity index (χ3v) is 3.05. The lowest BCUT2D eigenvalue weighted by Crippen LogP contribution is -2.39. The lowest BCUT2D eigenvalue weighted by atomic mass is 10.2. The summed E-state index contributed by atoms with van der Waals surface area (Å²) < 4.78 is 0. The molecular weight excluding hydrogens is 301 g/mol. The molecule has 0 fully saturated rings. The predicted molar refractivity (Wildman–Crippen MR) is 78.5 cm³/mol.